The van der Waals surface area contributed by atoms with Crippen LogP contribution in [0.5, 0.6) is 0 Å². The van der Waals surface area contributed by atoms with Crippen molar-refractivity contribution in [3.8, 4) is 5.69 Å². The smallest absolute Gasteiger partial charge is 0.366 e. The van der Waals surface area contributed by atoms with Crippen LogP contribution < -0.4 is 16.5 Å². The van der Waals surface area contributed by atoms with Crippen LogP contribution in [0.2, 0.25) is 5.02 Å². The summed E-state index contributed by atoms with van der Waals surface area (Å²) in [6.07, 6.45) is -4.57. The van der Waals surface area contributed by atoms with E-state index in [1.165, 1.54) is 37.3 Å². The Morgan fingerprint density at radius 3 is 2.45 bits per heavy atom. The number of anilines is 1. The lowest BCUT2D eigenvalue weighted by molar-refractivity contribution is -0.137. The molecule has 0 fully saturated rings. The third-order valence-electron chi connectivity index (χ3n) is 4.23. The molecule has 0 atom stereocenters. The number of rotatable bonds is 4. The van der Waals surface area contributed by atoms with Crippen molar-refractivity contribution in [2.75, 3.05) is 5.32 Å². The van der Waals surface area contributed by atoms with Gasteiger partial charge in [0.2, 0.25) is 11.3 Å². The number of aromatic nitrogens is 2. The molecular weight excluding hydrogens is 437 g/mol. The van der Waals surface area contributed by atoms with Gasteiger partial charge in [0.25, 0.3) is 5.91 Å². The largest absolute Gasteiger partial charge is 0.416 e. The zero-order valence-corrected chi connectivity index (χ0v) is 16.6. The molecule has 1 aromatic heterocycles. The highest BCUT2D eigenvalue weighted by atomic mass is 35.5. The van der Waals surface area contributed by atoms with Gasteiger partial charge in [0, 0.05) is 17.4 Å². The molecule has 31 heavy (non-hydrogen) atoms. The van der Waals surface area contributed by atoms with Crippen LogP contribution in [0.25, 0.3) is 5.69 Å². The number of benzene rings is 2. The predicted octanol–water partition coefficient (Wildman–Crippen LogP) is 3.56. The molecule has 160 valence electrons. The summed E-state index contributed by atoms with van der Waals surface area (Å²) in [5.74, 6) is -1.67. The van der Waals surface area contributed by atoms with Gasteiger partial charge in [0.05, 0.1) is 21.8 Å². The summed E-state index contributed by atoms with van der Waals surface area (Å²) in [6.45, 7) is 1.47. The molecular formula is C20H14ClF3N4O3. The lowest BCUT2D eigenvalue weighted by Crippen LogP contribution is -2.27. The van der Waals surface area contributed by atoms with E-state index < -0.39 is 34.7 Å². The summed E-state index contributed by atoms with van der Waals surface area (Å²) in [5.41, 5.74) is 3.45. The van der Waals surface area contributed by atoms with Crippen LogP contribution in [0.15, 0.2) is 53.3 Å². The molecule has 0 radical (unpaired) electrons. The number of primary amides is 1. The highest BCUT2D eigenvalue weighted by molar-refractivity contribution is 6.34. The Labute approximate surface area is 178 Å². The SMILES string of the molecule is Cc1cc(=O)c(C(=O)Nc2ccc(C(N)=O)c(Cl)c2)nn1-c1cccc(C(F)(F)F)c1. The van der Waals surface area contributed by atoms with E-state index in [4.69, 9.17) is 17.3 Å². The van der Waals surface area contributed by atoms with Crippen LogP contribution in [-0.2, 0) is 6.18 Å². The van der Waals surface area contributed by atoms with E-state index in [-0.39, 0.29) is 27.7 Å². The van der Waals surface area contributed by atoms with E-state index in [0.29, 0.717) is 0 Å². The molecule has 1 heterocycles. The molecule has 3 rings (SSSR count). The summed E-state index contributed by atoms with van der Waals surface area (Å²) < 4.78 is 40.1. The molecule has 0 aliphatic carbocycles. The molecule has 0 saturated carbocycles. The summed E-state index contributed by atoms with van der Waals surface area (Å²) >= 11 is 5.94. The minimum atomic E-state index is -4.57. The average Bonchev–Trinajstić information content (AvgIpc) is 2.67. The number of halogens is 4. The number of carbonyl (C=O) groups is 2. The van der Waals surface area contributed by atoms with Crippen LogP contribution in [-0.4, -0.2) is 21.6 Å². The number of alkyl halides is 3. The molecule has 3 N–H and O–H groups in total. The van der Waals surface area contributed by atoms with Crippen LogP contribution in [0.3, 0.4) is 0 Å². The number of nitrogens with one attached hydrogen (secondary N) is 1. The second-order valence-electron chi connectivity index (χ2n) is 6.47. The summed E-state index contributed by atoms with van der Waals surface area (Å²) in [5, 5.41) is 6.35. The zero-order valence-electron chi connectivity index (χ0n) is 15.8. The Kier molecular flexibility index (Phi) is 5.85. The Morgan fingerprint density at radius 2 is 1.84 bits per heavy atom. The molecule has 3 aromatic rings. The topological polar surface area (TPSA) is 107 Å². The fourth-order valence-electron chi connectivity index (χ4n) is 2.76. The summed E-state index contributed by atoms with van der Waals surface area (Å²) in [7, 11) is 0. The minimum Gasteiger partial charge on any atom is -0.366 e. The normalized spacial score (nSPS) is 11.3. The van der Waals surface area contributed by atoms with Gasteiger partial charge < -0.3 is 11.1 Å². The first kappa shape index (κ1) is 22.0. The first-order valence-corrected chi connectivity index (χ1v) is 9.04. The van der Waals surface area contributed by atoms with Crippen molar-refractivity contribution >= 4 is 29.1 Å². The molecule has 11 heteroatoms. The van der Waals surface area contributed by atoms with Crippen molar-refractivity contribution in [2.45, 2.75) is 13.1 Å². The quantitative estimate of drug-likeness (QED) is 0.633. The van der Waals surface area contributed by atoms with E-state index in [2.05, 4.69) is 10.4 Å². The number of nitrogens with zero attached hydrogens (tertiary/aromatic N) is 2. The second kappa shape index (κ2) is 8.23. The molecule has 7 nitrogen and oxygen atoms in total. The Hall–Kier alpha value is -3.66. The maximum atomic E-state index is 13.0. The van der Waals surface area contributed by atoms with Crippen LogP contribution in [0.4, 0.5) is 18.9 Å². The number of hydrogen-bond acceptors (Lipinski definition) is 4. The van der Waals surface area contributed by atoms with Gasteiger partial charge in [-0.1, -0.05) is 17.7 Å². The van der Waals surface area contributed by atoms with Gasteiger partial charge in [0.1, 0.15) is 0 Å². The minimum absolute atomic E-state index is 0.0106. The number of carbonyl (C=O) groups excluding carboxylic acids is 2. The summed E-state index contributed by atoms with van der Waals surface area (Å²) in [4.78, 5) is 36.1. The van der Waals surface area contributed by atoms with Crippen molar-refractivity contribution in [3.05, 3.63) is 86.3 Å². The lowest BCUT2D eigenvalue weighted by atomic mass is 10.2. The first-order chi connectivity index (χ1) is 14.5. The van der Waals surface area contributed by atoms with E-state index in [0.717, 1.165) is 22.9 Å². The number of hydrogen-bond donors (Lipinski definition) is 2. The Morgan fingerprint density at radius 1 is 1.13 bits per heavy atom. The summed E-state index contributed by atoms with van der Waals surface area (Å²) in [6, 6.07) is 9.31. The third-order valence-corrected chi connectivity index (χ3v) is 4.55. The second-order valence-corrected chi connectivity index (χ2v) is 6.88. The monoisotopic (exact) mass is 450 g/mol. The number of aryl methyl sites for hydroxylation is 1. The maximum Gasteiger partial charge on any atom is 0.416 e. The van der Waals surface area contributed by atoms with Crippen molar-refractivity contribution in [1.82, 2.24) is 9.78 Å². The fraction of sp³-hybridized carbons (Fsp3) is 0.100. The van der Waals surface area contributed by atoms with Crippen molar-refractivity contribution in [1.29, 1.82) is 0 Å². The Balaban J connectivity index is 1.98. The van der Waals surface area contributed by atoms with E-state index >= 15 is 0 Å². The van der Waals surface area contributed by atoms with Gasteiger partial charge in [-0.05, 0) is 43.3 Å². The van der Waals surface area contributed by atoms with Crippen molar-refractivity contribution in [3.63, 3.8) is 0 Å². The van der Waals surface area contributed by atoms with Crippen LogP contribution in [0.1, 0.15) is 32.1 Å². The highest BCUT2D eigenvalue weighted by Crippen LogP contribution is 2.30. The van der Waals surface area contributed by atoms with Crippen molar-refractivity contribution in [2.24, 2.45) is 5.73 Å². The lowest BCUT2D eigenvalue weighted by Gasteiger charge is -2.14. The van der Waals surface area contributed by atoms with E-state index in [1.54, 1.807) is 0 Å². The highest BCUT2D eigenvalue weighted by Gasteiger charge is 2.30. The molecule has 0 unspecified atom stereocenters. The predicted molar refractivity (Wildman–Crippen MR) is 107 cm³/mol. The van der Waals surface area contributed by atoms with Crippen molar-refractivity contribution < 1.29 is 22.8 Å². The molecule has 0 aliphatic rings. The van der Waals surface area contributed by atoms with Gasteiger partial charge in [-0.3, -0.25) is 14.4 Å². The molecule has 0 spiro atoms. The van der Waals surface area contributed by atoms with E-state index in [1.807, 2.05) is 0 Å². The Bertz CT molecular complexity index is 1260. The number of nitrogens with two attached hydrogens (primary N) is 1. The molecule has 0 bridgehead atoms. The maximum absolute atomic E-state index is 13.0. The molecule has 0 saturated heterocycles. The first-order valence-electron chi connectivity index (χ1n) is 8.66. The zero-order chi connectivity index (χ0) is 22.9. The van der Waals surface area contributed by atoms with Gasteiger partial charge in [0.15, 0.2) is 5.69 Å². The molecule has 2 aromatic carbocycles. The van der Waals surface area contributed by atoms with E-state index in [9.17, 15) is 27.6 Å². The number of amides is 2. The molecule has 2 amide bonds. The van der Waals surface area contributed by atoms with Gasteiger partial charge >= 0.3 is 6.18 Å². The van der Waals surface area contributed by atoms with Gasteiger partial charge in [-0.25, -0.2) is 4.68 Å². The van der Waals surface area contributed by atoms with Crippen LogP contribution >= 0.6 is 11.6 Å². The van der Waals surface area contributed by atoms with Gasteiger partial charge in [-0.2, -0.15) is 18.3 Å². The molecule has 0 aliphatic heterocycles. The fourth-order valence-corrected chi connectivity index (χ4v) is 3.04. The standard InChI is InChI=1S/C20H14ClF3N4O3/c1-10-7-16(29)17(19(31)26-12-5-6-14(18(25)30)15(21)9-12)27-28(10)13-4-2-3-11(8-13)20(22,23)24/h2-9H,1H3,(H2,25,30)(H,26,31). The average molecular weight is 451 g/mol. The van der Waals surface area contributed by atoms with Crippen LogP contribution in [0, 0.1) is 6.92 Å². The van der Waals surface area contributed by atoms with Gasteiger partial charge in [-0.15, -0.1) is 0 Å². The third kappa shape index (κ3) is 4.75.